The fraction of sp³-hybridized carbons (Fsp3) is 0.409. The fourth-order valence-electron chi connectivity index (χ4n) is 2.11. The van der Waals surface area contributed by atoms with Gasteiger partial charge in [-0.25, -0.2) is 0 Å². The summed E-state index contributed by atoms with van der Waals surface area (Å²) >= 11 is 0. The van der Waals surface area contributed by atoms with E-state index in [4.69, 9.17) is 0 Å². The zero-order chi connectivity index (χ0) is 16.9. The summed E-state index contributed by atoms with van der Waals surface area (Å²) in [5.41, 5.74) is 4.96. The molecule has 0 aliphatic heterocycles. The van der Waals surface area contributed by atoms with Gasteiger partial charge in [0.2, 0.25) is 0 Å². The summed E-state index contributed by atoms with van der Waals surface area (Å²) in [5.74, 6) is 6.41. The number of benzene rings is 1. The lowest BCUT2D eigenvalue weighted by Gasteiger charge is -1.99. The molecule has 0 saturated carbocycles. The molecule has 0 amide bonds. The van der Waals surface area contributed by atoms with Crippen molar-refractivity contribution in [1.29, 1.82) is 0 Å². The van der Waals surface area contributed by atoms with Crippen LogP contribution in [0.5, 0.6) is 0 Å². The van der Waals surface area contributed by atoms with Gasteiger partial charge in [-0.1, -0.05) is 49.5 Å². The highest BCUT2D eigenvalue weighted by atomic mass is 14.7. The van der Waals surface area contributed by atoms with Crippen LogP contribution in [0, 0.1) is 11.8 Å². The molecule has 1 heteroatoms. The van der Waals surface area contributed by atoms with Gasteiger partial charge in [-0.05, 0) is 62.5 Å². The van der Waals surface area contributed by atoms with E-state index < -0.39 is 0 Å². The molecule has 1 rings (SSSR count). The van der Waals surface area contributed by atoms with Gasteiger partial charge in [-0.15, -0.1) is 0 Å². The number of aliphatic imine (C=N–C) groups is 1. The molecule has 0 atom stereocenters. The van der Waals surface area contributed by atoms with Crippen molar-refractivity contribution in [3.05, 3.63) is 58.7 Å². The quantitative estimate of drug-likeness (QED) is 0.263. The summed E-state index contributed by atoms with van der Waals surface area (Å²) in [7, 11) is 0. The molecule has 0 fully saturated rings. The second-order valence-electron chi connectivity index (χ2n) is 5.75. The summed E-state index contributed by atoms with van der Waals surface area (Å²) in [6.07, 6.45) is 10.6. The third-order valence-electron chi connectivity index (χ3n) is 3.70. The summed E-state index contributed by atoms with van der Waals surface area (Å²) in [5, 5.41) is 0. The van der Waals surface area contributed by atoms with Crippen molar-refractivity contribution in [3.63, 3.8) is 0 Å². The minimum Gasteiger partial charge on any atom is -0.292 e. The molecule has 1 aromatic rings. The van der Waals surface area contributed by atoms with E-state index in [9.17, 15) is 0 Å². The van der Waals surface area contributed by atoms with Crippen LogP contribution in [-0.4, -0.2) is 12.8 Å². The van der Waals surface area contributed by atoms with Gasteiger partial charge in [0.25, 0.3) is 0 Å². The molecule has 1 aromatic carbocycles. The van der Waals surface area contributed by atoms with Crippen LogP contribution in [0.4, 0.5) is 0 Å². The number of unbranched alkanes of at least 4 members (excludes halogenated alkanes) is 1. The molecule has 0 radical (unpaired) electrons. The molecule has 0 aliphatic rings. The maximum atomic E-state index is 4.43. The van der Waals surface area contributed by atoms with E-state index in [1.54, 1.807) is 0 Å². The molecule has 1 nitrogen and oxygen atoms in total. The van der Waals surface area contributed by atoms with Gasteiger partial charge < -0.3 is 0 Å². The van der Waals surface area contributed by atoms with Crippen LogP contribution >= 0.6 is 0 Å². The van der Waals surface area contributed by atoms with E-state index in [0.717, 1.165) is 18.5 Å². The Morgan fingerprint density at radius 1 is 1.13 bits per heavy atom. The molecular weight excluding hydrogens is 278 g/mol. The maximum absolute atomic E-state index is 4.43. The van der Waals surface area contributed by atoms with Gasteiger partial charge in [0.15, 0.2) is 0 Å². The van der Waals surface area contributed by atoms with Crippen LogP contribution in [0.2, 0.25) is 0 Å². The van der Waals surface area contributed by atoms with Crippen molar-refractivity contribution in [3.8, 4) is 11.8 Å². The number of hydrogen-bond acceptors (Lipinski definition) is 1. The highest BCUT2D eigenvalue weighted by Gasteiger charge is 1.92. The topological polar surface area (TPSA) is 12.4 Å². The Labute approximate surface area is 142 Å². The van der Waals surface area contributed by atoms with E-state index >= 15 is 0 Å². The minimum atomic E-state index is 0.752. The Hall–Kier alpha value is -2.07. The monoisotopic (exact) mass is 307 g/mol. The van der Waals surface area contributed by atoms with E-state index in [1.807, 2.05) is 19.2 Å². The number of aryl methyl sites for hydroxylation is 1. The zero-order valence-corrected chi connectivity index (χ0v) is 15.0. The lowest BCUT2D eigenvalue weighted by molar-refractivity contribution is 0.795. The van der Waals surface area contributed by atoms with Gasteiger partial charge in [-0.2, -0.15) is 0 Å². The highest BCUT2D eigenvalue weighted by Crippen LogP contribution is 2.07. The fourth-order valence-corrected chi connectivity index (χ4v) is 2.11. The Bertz CT molecular complexity index is 604. The predicted octanol–water partition coefficient (Wildman–Crippen LogP) is 5.75. The van der Waals surface area contributed by atoms with Crippen LogP contribution < -0.4 is 0 Å². The van der Waals surface area contributed by atoms with Gasteiger partial charge >= 0.3 is 0 Å². The lowest BCUT2D eigenvalue weighted by atomic mass is 10.1. The van der Waals surface area contributed by atoms with Crippen molar-refractivity contribution in [1.82, 2.24) is 0 Å². The molecule has 0 bridgehead atoms. The largest absolute Gasteiger partial charge is 0.292 e. The average molecular weight is 307 g/mol. The van der Waals surface area contributed by atoms with Gasteiger partial charge in [-0.3, -0.25) is 4.99 Å². The van der Waals surface area contributed by atoms with E-state index in [0.29, 0.717) is 0 Å². The number of hydrogen-bond donors (Lipinski definition) is 0. The number of nitrogens with zero attached hydrogens (tertiary/aromatic N) is 1. The molecule has 0 heterocycles. The Balaban J connectivity index is 2.42. The molecular formula is C22H29N. The summed E-state index contributed by atoms with van der Waals surface area (Å²) in [6.45, 7) is 9.19. The molecule has 0 N–H and O–H groups in total. The first kappa shape index (κ1) is 19.0. The van der Waals surface area contributed by atoms with Crippen LogP contribution in [0.15, 0.2) is 52.6 Å². The Morgan fingerprint density at radius 3 is 2.52 bits per heavy atom. The third-order valence-corrected chi connectivity index (χ3v) is 3.70. The smallest absolute Gasteiger partial charge is 0.0499 e. The average Bonchev–Trinajstić information content (AvgIpc) is 2.57. The molecule has 0 spiro atoms. The SMILES string of the molecule is C\C=C/C(C)=C(C)\C=N\CCC#Cc1ccc(CCCC)cc1. The first-order chi connectivity index (χ1) is 11.2. The standard InChI is InChI=1S/C22H29N/c1-5-7-11-21-13-15-22(16-14-21)12-8-9-17-23-18-20(4)19(3)10-6-2/h6,10,13-16,18H,5,7,9,11,17H2,1-4H3/b10-6-,20-19-,23-18+. The first-order valence-electron chi connectivity index (χ1n) is 8.55. The zero-order valence-electron chi connectivity index (χ0n) is 15.0. The van der Waals surface area contributed by atoms with Crippen molar-refractivity contribution < 1.29 is 0 Å². The van der Waals surface area contributed by atoms with Crippen molar-refractivity contribution >= 4 is 6.21 Å². The molecule has 0 aromatic heterocycles. The van der Waals surface area contributed by atoms with Crippen LogP contribution in [0.25, 0.3) is 0 Å². The predicted molar refractivity (Wildman–Crippen MR) is 103 cm³/mol. The van der Waals surface area contributed by atoms with Crippen LogP contribution in [0.1, 0.15) is 58.1 Å². The first-order valence-corrected chi connectivity index (χ1v) is 8.55. The van der Waals surface area contributed by atoms with Crippen molar-refractivity contribution in [2.45, 2.75) is 53.4 Å². The summed E-state index contributed by atoms with van der Waals surface area (Å²) in [4.78, 5) is 4.43. The van der Waals surface area contributed by atoms with Crippen molar-refractivity contribution in [2.24, 2.45) is 4.99 Å². The second-order valence-corrected chi connectivity index (χ2v) is 5.75. The van der Waals surface area contributed by atoms with Gasteiger partial charge in [0.1, 0.15) is 0 Å². The minimum absolute atomic E-state index is 0.752. The normalized spacial score (nSPS) is 12.3. The molecule has 0 unspecified atom stereocenters. The maximum Gasteiger partial charge on any atom is 0.0499 e. The summed E-state index contributed by atoms with van der Waals surface area (Å²) in [6, 6.07) is 8.62. The number of allylic oxidation sites excluding steroid dienone is 4. The van der Waals surface area contributed by atoms with Crippen LogP contribution in [0.3, 0.4) is 0 Å². The third kappa shape index (κ3) is 8.21. The molecule has 23 heavy (non-hydrogen) atoms. The highest BCUT2D eigenvalue weighted by molar-refractivity contribution is 5.79. The Morgan fingerprint density at radius 2 is 1.87 bits per heavy atom. The van der Waals surface area contributed by atoms with Crippen LogP contribution in [-0.2, 0) is 6.42 Å². The number of rotatable bonds is 7. The Kier molecular flexibility index (Phi) is 9.48. The van der Waals surface area contributed by atoms with E-state index in [-0.39, 0.29) is 0 Å². The molecule has 0 aliphatic carbocycles. The van der Waals surface area contributed by atoms with E-state index in [1.165, 1.54) is 36.0 Å². The van der Waals surface area contributed by atoms with Gasteiger partial charge in [0.05, 0.1) is 0 Å². The van der Waals surface area contributed by atoms with Gasteiger partial charge in [0, 0.05) is 24.7 Å². The second kappa shape index (κ2) is 11.5. The van der Waals surface area contributed by atoms with E-state index in [2.05, 4.69) is 67.9 Å². The van der Waals surface area contributed by atoms with Crippen molar-refractivity contribution in [2.75, 3.05) is 6.54 Å². The molecule has 122 valence electrons. The molecule has 0 saturated heterocycles. The lowest BCUT2D eigenvalue weighted by Crippen LogP contribution is -1.86. The summed E-state index contributed by atoms with van der Waals surface area (Å²) < 4.78 is 0.